The molecular weight excluding hydrogens is 403 g/mol. The van der Waals surface area contributed by atoms with E-state index in [1.165, 1.54) is 23.5 Å². The standard InChI is InChI=1S/C22H21FN4O2S/c1-12-8-13(2)25-20(28)18(12)10-24-21(29)19-9-17-14(3)26-27(22(17)30-19)11-15-4-6-16(23)7-5-15/h4-9H,10-11H2,1-3H3,(H,24,29)(H,25,28). The van der Waals surface area contributed by atoms with E-state index < -0.39 is 0 Å². The number of thiophene rings is 1. The second-order valence-corrected chi connectivity index (χ2v) is 8.36. The first kappa shape index (κ1) is 20.0. The summed E-state index contributed by atoms with van der Waals surface area (Å²) < 4.78 is 15.0. The molecule has 0 radical (unpaired) electrons. The molecule has 8 heteroatoms. The largest absolute Gasteiger partial charge is 0.347 e. The van der Waals surface area contributed by atoms with Crippen molar-refractivity contribution in [2.45, 2.75) is 33.9 Å². The molecule has 0 aliphatic carbocycles. The number of fused-ring (bicyclic) bond motifs is 1. The number of aromatic nitrogens is 3. The molecule has 0 aliphatic rings. The average Bonchev–Trinajstić information content (AvgIpc) is 3.24. The van der Waals surface area contributed by atoms with Gasteiger partial charge in [-0.3, -0.25) is 14.3 Å². The van der Waals surface area contributed by atoms with Gasteiger partial charge < -0.3 is 10.3 Å². The summed E-state index contributed by atoms with van der Waals surface area (Å²) in [4.78, 5) is 29.1. The van der Waals surface area contributed by atoms with Crippen LogP contribution in [-0.4, -0.2) is 20.7 Å². The number of amides is 1. The lowest BCUT2D eigenvalue weighted by Crippen LogP contribution is -2.27. The maximum Gasteiger partial charge on any atom is 0.261 e. The van der Waals surface area contributed by atoms with Crippen LogP contribution in [0.4, 0.5) is 4.39 Å². The van der Waals surface area contributed by atoms with Crippen LogP contribution in [0.2, 0.25) is 0 Å². The number of nitrogens with zero attached hydrogens (tertiary/aromatic N) is 2. The minimum atomic E-state index is -0.279. The smallest absolute Gasteiger partial charge is 0.261 e. The minimum Gasteiger partial charge on any atom is -0.347 e. The molecule has 0 bridgehead atoms. The Labute approximate surface area is 176 Å². The van der Waals surface area contributed by atoms with Crippen molar-refractivity contribution in [3.05, 3.63) is 85.5 Å². The van der Waals surface area contributed by atoms with Crippen LogP contribution in [0.1, 0.15) is 37.7 Å². The molecule has 4 rings (SSSR count). The minimum absolute atomic E-state index is 0.162. The van der Waals surface area contributed by atoms with Crippen LogP contribution in [0, 0.1) is 26.6 Å². The molecule has 2 N–H and O–H groups in total. The van der Waals surface area contributed by atoms with Crippen LogP contribution in [0.15, 0.2) is 41.2 Å². The number of aryl methyl sites for hydroxylation is 3. The fraction of sp³-hybridized carbons (Fsp3) is 0.227. The van der Waals surface area contributed by atoms with E-state index >= 15 is 0 Å². The zero-order valence-electron chi connectivity index (χ0n) is 16.9. The molecule has 3 aromatic heterocycles. The Balaban J connectivity index is 1.55. The summed E-state index contributed by atoms with van der Waals surface area (Å²) in [6.45, 7) is 6.23. The van der Waals surface area contributed by atoms with Crippen LogP contribution in [0.5, 0.6) is 0 Å². The van der Waals surface area contributed by atoms with Gasteiger partial charge in [0.2, 0.25) is 0 Å². The van der Waals surface area contributed by atoms with E-state index in [1.54, 1.807) is 12.1 Å². The molecule has 4 aromatic rings. The third kappa shape index (κ3) is 3.91. The number of pyridine rings is 1. The van der Waals surface area contributed by atoms with Crippen molar-refractivity contribution >= 4 is 27.5 Å². The van der Waals surface area contributed by atoms with Crippen molar-refractivity contribution in [1.29, 1.82) is 0 Å². The van der Waals surface area contributed by atoms with Crippen molar-refractivity contribution < 1.29 is 9.18 Å². The van der Waals surface area contributed by atoms with E-state index in [0.29, 0.717) is 17.0 Å². The predicted molar refractivity (Wildman–Crippen MR) is 116 cm³/mol. The molecule has 30 heavy (non-hydrogen) atoms. The van der Waals surface area contributed by atoms with Gasteiger partial charge in [-0.15, -0.1) is 11.3 Å². The first-order chi connectivity index (χ1) is 14.3. The summed E-state index contributed by atoms with van der Waals surface area (Å²) >= 11 is 1.35. The number of halogens is 1. The quantitative estimate of drug-likeness (QED) is 0.511. The summed E-state index contributed by atoms with van der Waals surface area (Å²) in [5.41, 5.74) is 3.75. The molecule has 1 amide bonds. The lowest BCUT2D eigenvalue weighted by atomic mass is 10.1. The number of H-pyrrole nitrogens is 1. The number of nitrogens with one attached hydrogen (secondary N) is 2. The van der Waals surface area contributed by atoms with Gasteiger partial charge in [0.15, 0.2) is 0 Å². The van der Waals surface area contributed by atoms with E-state index in [9.17, 15) is 14.0 Å². The number of aromatic amines is 1. The van der Waals surface area contributed by atoms with E-state index in [4.69, 9.17) is 0 Å². The third-order valence-corrected chi connectivity index (χ3v) is 6.14. The molecule has 0 atom stereocenters. The van der Waals surface area contributed by atoms with Crippen molar-refractivity contribution in [2.75, 3.05) is 0 Å². The second-order valence-electron chi connectivity index (χ2n) is 7.32. The van der Waals surface area contributed by atoms with Crippen molar-refractivity contribution in [3.63, 3.8) is 0 Å². The number of rotatable bonds is 5. The molecule has 0 spiro atoms. The molecular formula is C22H21FN4O2S. The zero-order chi connectivity index (χ0) is 21.4. The van der Waals surface area contributed by atoms with E-state index in [1.807, 2.05) is 37.6 Å². The first-order valence-electron chi connectivity index (χ1n) is 9.51. The maximum atomic E-state index is 13.2. The third-order valence-electron chi connectivity index (χ3n) is 5.00. The Hall–Kier alpha value is -3.26. The van der Waals surface area contributed by atoms with Gasteiger partial charge in [-0.2, -0.15) is 5.10 Å². The van der Waals surface area contributed by atoms with Crippen molar-refractivity contribution in [3.8, 4) is 0 Å². The highest BCUT2D eigenvalue weighted by molar-refractivity contribution is 7.20. The van der Waals surface area contributed by atoms with Gasteiger partial charge in [-0.05, 0) is 56.2 Å². The van der Waals surface area contributed by atoms with Crippen LogP contribution in [0.25, 0.3) is 10.2 Å². The molecule has 0 saturated heterocycles. The number of benzene rings is 1. The Kier molecular flexibility index (Phi) is 5.26. The van der Waals surface area contributed by atoms with Gasteiger partial charge in [0.25, 0.3) is 11.5 Å². The normalized spacial score (nSPS) is 11.2. The highest BCUT2D eigenvalue weighted by Crippen LogP contribution is 2.29. The van der Waals surface area contributed by atoms with E-state index in [0.717, 1.165) is 32.7 Å². The Morgan fingerprint density at radius 1 is 1.20 bits per heavy atom. The first-order valence-corrected chi connectivity index (χ1v) is 10.3. The molecule has 154 valence electrons. The summed E-state index contributed by atoms with van der Waals surface area (Å²) in [5.74, 6) is -0.512. The number of carbonyl (C=O) groups is 1. The van der Waals surface area contributed by atoms with Gasteiger partial charge in [0, 0.05) is 23.2 Å². The Bertz CT molecular complexity index is 1300. The topological polar surface area (TPSA) is 79.8 Å². The second kappa shape index (κ2) is 7.87. The molecule has 1 aromatic carbocycles. The fourth-order valence-corrected chi connectivity index (χ4v) is 4.53. The lowest BCUT2D eigenvalue weighted by Gasteiger charge is -2.07. The molecule has 0 saturated carbocycles. The van der Waals surface area contributed by atoms with Gasteiger partial charge in [-0.1, -0.05) is 12.1 Å². The van der Waals surface area contributed by atoms with Gasteiger partial charge in [0.1, 0.15) is 10.6 Å². The average molecular weight is 425 g/mol. The molecule has 0 fully saturated rings. The summed E-state index contributed by atoms with van der Waals surface area (Å²) in [6.07, 6.45) is 0. The SMILES string of the molecule is Cc1cc(C)c(CNC(=O)c2cc3c(C)nn(Cc4ccc(F)cc4)c3s2)c(=O)[nH]1. The molecule has 3 heterocycles. The van der Waals surface area contributed by atoms with Gasteiger partial charge >= 0.3 is 0 Å². The number of hydrogen-bond donors (Lipinski definition) is 2. The van der Waals surface area contributed by atoms with Crippen LogP contribution < -0.4 is 10.9 Å². The van der Waals surface area contributed by atoms with Crippen LogP contribution in [0.3, 0.4) is 0 Å². The highest BCUT2D eigenvalue weighted by atomic mass is 32.1. The lowest BCUT2D eigenvalue weighted by molar-refractivity contribution is 0.0955. The van der Waals surface area contributed by atoms with Crippen molar-refractivity contribution in [1.82, 2.24) is 20.1 Å². The molecule has 0 aliphatic heterocycles. The summed E-state index contributed by atoms with van der Waals surface area (Å²) in [5, 5.41) is 8.30. The van der Waals surface area contributed by atoms with Gasteiger partial charge in [0.05, 0.1) is 17.1 Å². The zero-order valence-corrected chi connectivity index (χ0v) is 17.7. The summed E-state index contributed by atoms with van der Waals surface area (Å²) in [6, 6.07) is 10.00. The van der Waals surface area contributed by atoms with Gasteiger partial charge in [-0.25, -0.2) is 4.39 Å². The fourth-order valence-electron chi connectivity index (χ4n) is 3.45. The molecule has 0 unspecified atom stereocenters. The Morgan fingerprint density at radius 3 is 2.63 bits per heavy atom. The van der Waals surface area contributed by atoms with Crippen LogP contribution in [-0.2, 0) is 13.1 Å². The predicted octanol–water partition coefficient (Wildman–Crippen LogP) is 3.83. The van der Waals surface area contributed by atoms with Crippen LogP contribution >= 0.6 is 11.3 Å². The maximum absolute atomic E-state index is 13.2. The number of carbonyl (C=O) groups excluding carboxylic acids is 1. The van der Waals surface area contributed by atoms with E-state index in [2.05, 4.69) is 15.4 Å². The molecule has 6 nitrogen and oxygen atoms in total. The highest BCUT2D eigenvalue weighted by Gasteiger charge is 2.17. The number of hydrogen-bond acceptors (Lipinski definition) is 4. The monoisotopic (exact) mass is 424 g/mol. The summed E-state index contributed by atoms with van der Waals surface area (Å²) in [7, 11) is 0. The van der Waals surface area contributed by atoms with E-state index in [-0.39, 0.29) is 23.8 Å². The Morgan fingerprint density at radius 2 is 1.93 bits per heavy atom. The van der Waals surface area contributed by atoms with Crippen molar-refractivity contribution in [2.24, 2.45) is 0 Å².